The van der Waals surface area contributed by atoms with Crippen LogP contribution in [0.5, 0.6) is 0 Å². The number of nitrogens with one attached hydrogen (secondary N) is 1. The van der Waals surface area contributed by atoms with Crippen LogP contribution in [0.1, 0.15) is 30.7 Å². The minimum atomic E-state index is 0.279. The van der Waals surface area contributed by atoms with Crippen LogP contribution < -0.4 is 0 Å². The van der Waals surface area contributed by atoms with Crippen LogP contribution in [-0.4, -0.2) is 22.7 Å². The summed E-state index contributed by atoms with van der Waals surface area (Å²) in [6.45, 7) is 5.07. The first-order chi connectivity index (χ1) is 7.74. The topological polar surface area (TPSA) is 37.9 Å². The Morgan fingerprint density at radius 1 is 1.44 bits per heavy atom. The highest BCUT2D eigenvalue weighted by molar-refractivity contribution is 5.75. The second-order valence-electron chi connectivity index (χ2n) is 4.61. The standard InChI is InChI=1S/C13H16N2O/c1-8-3-4-11-12(7-8)15-13(14-11)10-5-6-16-9(10)2/h3-4,7,9-10H,5-6H2,1-2H3,(H,14,15). The van der Waals surface area contributed by atoms with Gasteiger partial charge in [-0.3, -0.25) is 0 Å². The molecule has 0 aliphatic carbocycles. The van der Waals surface area contributed by atoms with E-state index >= 15 is 0 Å². The largest absolute Gasteiger partial charge is 0.378 e. The molecule has 0 bridgehead atoms. The second-order valence-corrected chi connectivity index (χ2v) is 4.61. The molecule has 1 aromatic heterocycles. The number of aryl methyl sites for hydroxylation is 1. The van der Waals surface area contributed by atoms with Crippen LogP contribution in [0.3, 0.4) is 0 Å². The Balaban J connectivity index is 2.04. The number of ether oxygens (including phenoxy) is 1. The van der Waals surface area contributed by atoms with Gasteiger partial charge in [-0.1, -0.05) is 6.07 Å². The van der Waals surface area contributed by atoms with E-state index in [2.05, 4.69) is 42.0 Å². The van der Waals surface area contributed by atoms with E-state index in [-0.39, 0.29) is 6.10 Å². The van der Waals surface area contributed by atoms with Gasteiger partial charge in [-0.15, -0.1) is 0 Å². The second kappa shape index (κ2) is 3.59. The molecule has 84 valence electrons. The van der Waals surface area contributed by atoms with Crippen LogP contribution in [0.15, 0.2) is 18.2 Å². The molecule has 0 radical (unpaired) electrons. The van der Waals surface area contributed by atoms with Crippen molar-refractivity contribution in [1.82, 2.24) is 9.97 Å². The highest BCUT2D eigenvalue weighted by Crippen LogP contribution is 2.30. The predicted molar refractivity (Wildman–Crippen MR) is 63.6 cm³/mol. The van der Waals surface area contributed by atoms with Gasteiger partial charge in [-0.05, 0) is 38.0 Å². The maximum absolute atomic E-state index is 5.58. The molecule has 2 aromatic rings. The molecule has 1 N–H and O–H groups in total. The maximum Gasteiger partial charge on any atom is 0.113 e. The zero-order chi connectivity index (χ0) is 11.1. The Bertz CT molecular complexity index is 518. The fraction of sp³-hybridized carbons (Fsp3) is 0.462. The molecule has 2 unspecified atom stereocenters. The lowest BCUT2D eigenvalue weighted by Crippen LogP contribution is -2.10. The molecule has 1 fully saturated rings. The van der Waals surface area contributed by atoms with Crippen molar-refractivity contribution < 1.29 is 4.74 Å². The number of hydrogen-bond acceptors (Lipinski definition) is 2. The van der Waals surface area contributed by atoms with Crippen molar-refractivity contribution in [3.8, 4) is 0 Å². The highest BCUT2D eigenvalue weighted by Gasteiger charge is 2.28. The summed E-state index contributed by atoms with van der Waals surface area (Å²) in [6, 6.07) is 6.32. The molecular weight excluding hydrogens is 200 g/mol. The third-order valence-corrected chi connectivity index (χ3v) is 3.38. The molecule has 1 saturated heterocycles. The summed E-state index contributed by atoms with van der Waals surface area (Å²) in [6.07, 6.45) is 1.35. The summed E-state index contributed by atoms with van der Waals surface area (Å²) >= 11 is 0. The van der Waals surface area contributed by atoms with Gasteiger partial charge in [-0.25, -0.2) is 4.98 Å². The summed E-state index contributed by atoms with van der Waals surface area (Å²) in [5.74, 6) is 1.50. The summed E-state index contributed by atoms with van der Waals surface area (Å²) in [5.41, 5.74) is 3.45. The highest BCUT2D eigenvalue weighted by atomic mass is 16.5. The van der Waals surface area contributed by atoms with Gasteiger partial charge >= 0.3 is 0 Å². The molecule has 1 aromatic carbocycles. The smallest absolute Gasteiger partial charge is 0.113 e. The predicted octanol–water partition coefficient (Wildman–Crippen LogP) is 2.76. The monoisotopic (exact) mass is 216 g/mol. The molecule has 16 heavy (non-hydrogen) atoms. The van der Waals surface area contributed by atoms with E-state index in [1.165, 1.54) is 5.56 Å². The van der Waals surface area contributed by atoms with Crippen molar-refractivity contribution in [1.29, 1.82) is 0 Å². The van der Waals surface area contributed by atoms with Crippen LogP contribution in [0.4, 0.5) is 0 Å². The van der Waals surface area contributed by atoms with Crippen LogP contribution in [0.25, 0.3) is 11.0 Å². The van der Waals surface area contributed by atoms with Gasteiger partial charge in [0, 0.05) is 12.5 Å². The number of nitrogens with zero attached hydrogens (tertiary/aromatic N) is 1. The quantitative estimate of drug-likeness (QED) is 0.796. The van der Waals surface area contributed by atoms with Crippen molar-refractivity contribution in [2.24, 2.45) is 0 Å². The van der Waals surface area contributed by atoms with Gasteiger partial charge in [0.05, 0.1) is 17.1 Å². The number of benzene rings is 1. The number of aromatic amines is 1. The molecule has 1 aliphatic heterocycles. The van der Waals surface area contributed by atoms with Crippen molar-refractivity contribution in [3.63, 3.8) is 0 Å². The van der Waals surface area contributed by atoms with Crippen molar-refractivity contribution in [2.45, 2.75) is 32.3 Å². The average Bonchev–Trinajstić information content (AvgIpc) is 2.82. The van der Waals surface area contributed by atoms with E-state index in [0.717, 1.165) is 29.9 Å². The SMILES string of the molecule is Cc1ccc2nc(C3CCOC3C)[nH]c2c1. The van der Waals surface area contributed by atoms with Gasteiger partial charge < -0.3 is 9.72 Å². The van der Waals surface area contributed by atoms with Gasteiger partial charge in [-0.2, -0.15) is 0 Å². The average molecular weight is 216 g/mol. The van der Waals surface area contributed by atoms with Crippen molar-refractivity contribution in [2.75, 3.05) is 6.61 Å². The van der Waals surface area contributed by atoms with Crippen molar-refractivity contribution in [3.05, 3.63) is 29.6 Å². The molecular formula is C13H16N2O. The normalized spacial score (nSPS) is 25.4. The van der Waals surface area contributed by atoms with Crippen LogP contribution in [0, 0.1) is 6.92 Å². The third-order valence-electron chi connectivity index (χ3n) is 3.38. The van der Waals surface area contributed by atoms with E-state index in [9.17, 15) is 0 Å². The lowest BCUT2D eigenvalue weighted by atomic mass is 10.0. The molecule has 2 atom stereocenters. The fourth-order valence-corrected chi connectivity index (χ4v) is 2.41. The van der Waals surface area contributed by atoms with E-state index in [1.54, 1.807) is 0 Å². The number of hydrogen-bond donors (Lipinski definition) is 1. The first kappa shape index (κ1) is 9.85. The zero-order valence-electron chi connectivity index (χ0n) is 9.66. The van der Waals surface area contributed by atoms with Crippen LogP contribution in [-0.2, 0) is 4.74 Å². The lowest BCUT2D eigenvalue weighted by Gasteiger charge is -2.09. The Morgan fingerprint density at radius 3 is 3.06 bits per heavy atom. The Hall–Kier alpha value is -1.35. The Labute approximate surface area is 94.8 Å². The van der Waals surface area contributed by atoms with E-state index < -0.39 is 0 Å². The van der Waals surface area contributed by atoms with E-state index in [1.807, 2.05) is 0 Å². The molecule has 0 spiro atoms. The van der Waals surface area contributed by atoms with Crippen molar-refractivity contribution >= 4 is 11.0 Å². The first-order valence-electron chi connectivity index (χ1n) is 5.82. The van der Waals surface area contributed by atoms with Gasteiger partial charge in [0.2, 0.25) is 0 Å². The van der Waals surface area contributed by atoms with Gasteiger partial charge in [0.15, 0.2) is 0 Å². The number of aromatic nitrogens is 2. The summed E-state index contributed by atoms with van der Waals surface area (Å²) in [7, 11) is 0. The summed E-state index contributed by atoms with van der Waals surface area (Å²) in [4.78, 5) is 8.07. The molecule has 3 nitrogen and oxygen atoms in total. The Morgan fingerprint density at radius 2 is 2.31 bits per heavy atom. The maximum atomic E-state index is 5.58. The number of H-pyrrole nitrogens is 1. The summed E-state index contributed by atoms with van der Waals surface area (Å²) < 4.78 is 5.58. The minimum absolute atomic E-state index is 0.279. The van der Waals surface area contributed by atoms with Crippen LogP contribution in [0.2, 0.25) is 0 Å². The molecule has 1 aliphatic rings. The third kappa shape index (κ3) is 1.52. The number of rotatable bonds is 1. The van der Waals surface area contributed by atoms with Gasteiger partial charge in [0.25, 0.3) is 0 Å². The lowest BCUT2D eigenvalue weighted by molar-refractivity contribution is 0.117. The van der Waals surface area contributed by atoms with Crippen LogP contribution >= 0.6 is 0 Å². The van der Waals surface area contributed by atoms with E-state index in [4.69, 9.17) is 4.74 Å². The molecule has 0 saturated carbocycles. The molecule has 2 heterocycles. The first-order valence-corrected chi connectivity index (χ1v) is 5.82. The Kier molecular flexibility index (Phi) is 2.21. The molecule has 3 rings (SSSR count). The fourth-order valence-electron chi connectivity index (χ4n) is 2.41. The molecule has 3 heteroatoms. The van der Waals surface area contributed by atoms with Gasteiger partial charge in [0.1, 0.15) is 5.82 Å². The van der Waals surface area contributed by atoms with E-state index in [0.29, 0.717) is 5.92 Å². The number of fused-ring (bicyclic) bond motifs is 1. The summed E-state index contributed by atoms with van der Waals surface area (Å²) in [5, 5.41) is 0. The minimum Gasteiger partial charge on any atom is -0.378 e. The zero-order valence-corrected chi connectivity index (χ0v) is 9.66. The number of imidazole rings is 1. The molecule has 0 amide bonds.